The van der Waals surface area contributed by atoms with Gasteiger partial charge >= 0.3 is 0 Å². The highest BCUT2D eigenvalue weighted by molar-refractivity contribution is 9.10. The molecule has 1 heterocycles. The van der Waals surface area contributed by atoms with Crippen molar-refractivity contribution in [1.29, 1.82) is 5.26 Å². The number of rotatable bonds is 1. The first kappa shape index (κ1) is 13.0. The standard InChI is InChI=1S/C14H8BrClN4/c15-9-4-5-11(10(16)6-9)20-12-3-1-2-8(7-17)13(12)19-14(20)18/h1-6H,(H2,18,19). The molecular formula is C14H8BrClN4. The summed E-state index contributed by atoms with van der Waals surface area (Å²) in [5, 5.41) is 9.67. The molecule has 6 heteroatoms. The van der Waals surface area contributed by atoms with E-state index < -0.39 is 0 Å². The number of hydrogen-bond acceptors (Lipinski definition) is 3. The van der Waals surface area contributed by atoms with Crippen molar-refractivity contribution in [3.05, 3.63) is 51.5 Å². The summed E-state index contributed by atoms with van der Waals surface area (Å²) in [4.78, 5) is 4.27. The van der Waals surface area contributed by atoms with E-state index in [9.17, 15) is 0 Å². The van der Waals surface area contributed by atoms with Gasteiger partial charge in [-0.25, -0.2) is 4.98 Å². The molecule has 0 saturated carbocycles. The van der Waals surface area contributed by atoms with Crippen molar-refractivity contribution in [2.75, 3.05) is 5.73 Å². The van der Waals surface area contributed by atoms with Gasteiger partial charge in [0.05, 0.1) is 21.8 Å². The van der Waals surface area contributed by atoms with Crippen LogP contribution in [0.4, 0.5) is 5.95 Å². The summed E-state index contributed by atoms with van der Waals surface area (Å²) in [5.41, 5.74) is 8.53. The lowest BCUT2D eigenvalue weighted by Gasteiger charge is -2.09. The van der Waals surface area contributed by atoms with Gasteiger partial charge in [0, 0.05) is 4.47 Å². The second kappa shape index (κ2) is 4.82. The molecule has 0 spiro atoms. The van der Waals surface area contributed by atoms with E-state index in [1.54, 1.807) is 22.8 Å². The van der Waals surface area contributed by atoms with Gasteiger partial charge in [-0.05, 0) is 30.3 Å². The molecule has 0 aliphatic heterocycles. The van der Waals surface area contributed by atoms with Gasteiger partial charge in [0.2, 0.25) is 5.95 Å². The Morgan fingerprint density at radius 2 is 2.10 bits per heavy atom. The summed E-state index contributed by atoms with van der Waals surface area (Å²) in [6, 6.07) is 13.0. The number of para-hydroxylation sites is 1. The number of nitrogen functional groups attached to an aromatic ring is 1. The molecule has 4 nitrogen and oxygen atoms in total. The highest BCUT2D eigenvalue weighted by atomic mass is 79.9. The fraction of sp³-hybridized carbons (Fsp3) is 0. The van der Waals surface area contributed by atoms with Crippen LogP contribution in [-0.2, 0) is 0 Å². The highest BCUT2D eigenvalue weighted by Crippen LogP contribution is 2.30. The Morgan fingerprint density at radius 3 is 2.80 bits per heavy atom. The Bertz CT molecular complexity index is 863. The largest absolute Gasteiger partial charge is 0.369 e. The van der Waals surface area contributed by atoms with Gasteiger partial charge < -0.3 is 5.73 Å². The van der Waals surface area contributed by atoms with Crippen LogP contribution in [0.5, 0.6) is 0 Å². The van der Waals surface area contributed by atoms with Crippen molar-refractivity contribution in [3.8, 4) is 11.8 Å². The zero-order chi connectivity index (χ0) is 14.3. The van der Waals surface area contributed by atoms with Crippen LogP contribution in [0.25, 0.3) is 16.7 Å². The summed E-state index contributed by atoms with van der Waals surface area (Å²) in [5.74, 6) is 0.298. The molecule has 0 aliphatic rings. The molecule has 20 heavy (non-hydrogen) atoms. The van der Waals surface area contributed by atoms with Crippen LogP contribution in [0.2, 0.25) is 5.02 Å². The Hall–Kier alpha value is -2.03. The van der Waals surface area contributed by atoms with Gasteiger partial charge in [0.25, 0.3) is 0 Å². The van der Waals surface area contributed by atoms with Gasteiger partial charge in [-0.3, -0.25) is 4.57 Å². The van der Waals surface area contributed by atoms with Crippen molar-refractivity contribution in [3.63, 3.8) is 0 Å². The Kier molecular flexibility index (Phi) is 3.13. The number of benzene rings is 2. The number of halogens is 2. The third-order valence-corrected chi connectivity index (χ3v) is 3.78. The highest BCUT2D eigenvalue weighted by Gasteiger charge is 2.14. The quantitative estimate of drug-likeness (QED) is 0.726. The topological polar surface area (TPSA) is 67.6 Å². The van der Waals surface area contributed by atoms with Crippen LogP contribution >= 0.6 is 27.5 Å². The van der Waals surface area contributed by atoms with Crippen molar-refractivity contribution in [1.82, 2.24) is 9.55 Å². The van der Waals surface area contributed by atoms with Crippen LogP contribution < -0.4 is 5.73 Å². The first-order chi connectivity index (χ1) is 9.61. The smallest absolute Gasteiger partial charge is 0.206 e. The number of nitrogens with two attached hydrogens (primary N) is 1. The van der Waals surface area contributed by atoms with Crippen molar-refractivity contribution in [2.24, 2.45) is 0 Å². The van der Waals surface area contributed by atoms with Crippen LogP contribution in [0.15, 0.2) is 40.9 Å². The lowest BCUT2D eigenvalue weighted by atomic mass is 10.2. The van der Waals surface area contributed by atoms with E-state index in [1.165, 1.54) is 0 Å². The predicted octanol–water partition coefficient (Wildman–Crippen LogP) is 3.90. The van der Waals surface area contributed by atoms with Gasteiger partial charge in [-0.1, -0.05) is 33.6 Å². The lowest BCUT2D eigenvalue weighted by Crippen LogP contribution is -2.01. The van der Waals surface area contributed by atoms with E-state index in [2.05, 4.69) is 27.0 Å². The maximum absolute atomic E-state index is 9.12. The molecule has 0 amide bonds. The van der Waals surface area contributed by atoms with Crippen molar-refractivity contribution >= 4 is 44.5 Å². The average Bonchev–Trinajstić information content (AvgIpc) is 2.75. The van der Waals surface area contributed by atoms with Crippen LogP contribution in [0.3, 0.4) is 0 Å². The lowest BCUT2D eigenvalue weighted by molar-refractivity contribution is 1.11. The first-order valence-corrected chi connectivity index (χ1v) is 6.91. The molecule has 98 valence electrons. The molecule has 2 aromatic carbocycles. The second-order valence-electron chi connectivity index (χ2n) is 4.19. The number of nitriles is 1. The minimum Gasteiger partial charge on any atom is -0.369 e. The number of aromatic nitrogens is 2. The second-order valence-corrected chi connectivity index (χ2v) is 5.51. The van der Waals surface area contributed by atoms with E-state index in [-0.39, 0.29) is 0 Å². The molecule has 3 aromatic rings. The fourth-order valence-electron chi connectivity index (χ4n) is 2.12. The summed E-state index contributed by atoms with van der Waals surface area (Å²) in [6.07, 6.45) is 0. The molecule has 0 atom stereocenters. The molecule has 0 fully saturated rings. The van der Waals surface area contributed by atoms with E-state index in [1.807, 2.05) is 18.2 Å². The number of nitrogens with zero attached hydrogens (tertiary/aromatic N) is 3. The maximum Gasteiger partial charge on any atom is 0.206 e. The minimum atomic E-state index is 0.298. The van der Waals surface area contributed by atoms with Crippen LogP contribution in [0, 0.1) is 11.3 Å². The molecular weight excluding hydrogens is 340 g/mol. The fourth-order valence-corrected chi connectivity index (χ4v) is 2.88. The molecule has 1 aromatic heterocycles. The Morgan fingerprint density at radius 1 is 1.30 bits per heavy atom. The van der Waals surface area contributed by atoms with Crippen LogP contribution in [-0.4, -0.2) is 9.55 Å². The third kappa shape index (κ3) is 1.94. The molecule has 3 rings (SSSR count). The monoisotopic (exact) mass is 346 g/mol. The predicted molar refractivity (Wildman–Crippen MR) is 82.9 cm³/mol. The maximum atomic E-state index is 9.12. The molecule has 0 aliphatic carbocycles. The van der Waals surface area contributed by atoms with Crippen LogP contribution in [0.1, 0.15) is 5.56 Å². The number of fused-ring (bicyclic) bond motifs is 1. The van der Waals surface area contributed by atoms with E-state index in [4.69, 9.17) is 22.6 Å². The minimum absolute atomic E-state index is 0.298. The number of anilines is 1. The molecule has 0 saturated heterocycles. The first-order valence-electron chi connectivity index (χ1n) is 5.74. The SMILES string of the molecule is N#Cc1cccc2c1nc(N)n2-c1ccc(Br)cc1Cl. The zero-order valence-corrected chi connectivity index (χ0v) is 12.5. The summed E-state index contributed by atoms with van der Waals surface area (Å²) >= 11 is 9.63. The molecule has 0 bridgehead atoms. The van der Waals surface area contributed by atoms with Gasteiger partial charge in [-0.2, -0.15) is 5.26 Å². The average molecular weight is 348 g/mol. The normalized spacial score (nSPS) is 10.7. The van der Waals surface area contributed by atoms with Gasteiger partial charge in [-0.15, -0.1) is 0 Å². The van der Waals surface area contributed by atoms with Gasteiger partial charge in [0.1, 0.15) is 11.6 Å². The zero-order valence-electron chi connectivity index (χ0n) is 10.1. The van der Waals surface area contributed by atoms with Gasteiger partial charge in [0.15, 0.2) is 0 Å². The summed E-state index contributed by atoms with van der Waals surface area (Å²) in [6.45, 7) is 0. The van der Waals surface area contributed by atoms with E-state index >= 15 is 0 Å². The number of hydrogen-bond donors (Lipinski definition) is 1. The van der Waals surface area contributed by atoms with Crippen molar-refractivity contribution < 1.29 is 0 Å². The molecule has 0 unspecified atom stereocenters. The van der Waals surface area contributed by atoms with Crippen molar-refractivity contribution in [2.45, 2.75) is 0 Å². The summed E-state index contributed by atoms with van der Waals surface area (Å²) in [7, 11) is 0. The molecule has 2 N–H and O–H groups in total. The Balaban J connectivity index is 2.37. The molecule has 0 radical (unpaired) electrons. The number of imidazole rings is 1. The van der Waals surface area contributed by atoms with E-state index in [0.717, 1.165) is 15.7 Å². The van der Waals surface area contributed by atoms with E-state index in [0.29, 0.717) is 22.1 Å². The Labute approximate surface area is 128 Å². The third-order valence-electron chi connectivity index (χ3n) is 2.98. The summed E-state index contributed by atoms with van der Waals surface area (Å²) < 4.78 is 2.62.